The number of halogens is 1. The van der Waals surface area contributed by atoms with Crippen molar-refractivity contribution in [1.82, 2.24) is 15.2 Å². The van der Waals surface area contributed by atoms with Gasteiger partial charge in [0, 0.05) is 41.4 Å². The number of fused-ring (bicyclic) bond motifs is 2. The standard InChI is InChI=1S/C33H37FN4O3/c1-40-27-10-9-24(16-35-27)22-4-2-6-26(14-22)38(30(39)32-18-33(34,19-32)20-32)17-25-11-13-31(12-3-5-23(25)15-31)29-37-36-28(41-29)21-7-8-21/h2,4,6,9-10,14,16,21,23,25H,3,5,7-8,11-13,15,17-20H2,1H3. The number of ether oxygens (including phenoxy) is 1. The lowest BCUT2D eigenvalue weighted by molar-refractivity contribution is -0.211. The first-order valence-corrected chi connectivity index (χ1v) is 15.3. The molecule has 0 saturated heterocycles. The van der Waals surface area contributed by atoms with Crippen LogP contribution in [0.25, 0.3) is 11.1 Å². The molecule has 7 nitrogen and oxygen atoms in total. The van der Waals surface area contributed by atoms with Crippen LogP contribution in [0.3, 0.4) is 0 Å². The summed E-state index contributed by atoms with van der Waals surface area (Å²) >= 11 is 0. The van der Waals surface area contributed by atoms with Crippen LogP contribution in [-0.4, -0.2) is 40.4 Å². The number of pyridine rings is 1. The zero-order valence-electron chi connectivity index (χ0n) is 23.7. The molecule has 214 valence electrons. The maximum Gasteiger partial charge on any atom is 0.233 e. The molecule has 0 aliphatic heterocycles. The Morgan fingerprint density at radius 1 is 1.07 bits per heavy atom. The molecule has 0 N–H and O–H groups in total. The fourth-order valence-corrected chi connectivity index (χ4v) is 8.46. The topological polar surface area (TPSA) is 81.4 Å². The minimum absolute atomic E-state index is 0.0237. The molecule has 6 fully saturated rings. The smallest absolute Gasteiger partial charge is 0.233 e. The second kappa shape index (κ2) is 9.10. The van der Waals surface area contributed by atoms with Gasteiger partial charge in [-0.3, -0.25) is 4.79 Å². The number of benzene rings is 1. The summed E-state index contributed by atoms with van der Waals surface area (Å²) in [6.07, 6.45) is 11.7. The highest BCUT2D eigenvalue weighted by Crippen LogP contribution is 2.70. The first-order chi connectivity index (χ1) is 19.9. The number of aromatic nitrogens is 3. The number of hydrogen-bond acceptors (Lipinski definition) is 6. The predicted octanol–water partition coefficient (Wildman–Crippen LogP) is 6.78. The average molecular weight is 557 g/mol. The van der Waals surface area contributed by atoms with Crippen LogP contribution in [0.15, 0.2) is 47.0 Å². The van der Waals surface area contributed by atoms with Gasteiger partial charge in [0.1, 0.15) is 5.67 Å². The Balaban J connectivity index is 1.07. The molecule has 3 atom stereocenters. The van der Waals surface area contributed by atoms with Crippen molar-refractivity contribution in [2.45, 2.75) is 87.6 Å². The Bertz CT molecular complexity index is 1460. The Kier molecular flexibility index (Phi) is 5.64. The fourth-order valence-electron chi connectivity index (χ4n) is 8.46. The lowest BCUT2D eigenvalue weighted by Crippen LogP contribution is -2.70. The zero-order valence-corrected chi connectivity index (χ0v) is 23.7. The molecule has 3 aromatic rings. The normalized spacial score (nSPS) is 33.4. The van der Waals surface area contributed by atoms with E-state index in [1.165, 1.54) is 0 Å². The molecule has 2 aromatic heterocycles. The first-order valence-electron chi connectivity index (χ1n) is 15.3. The maximum atomic E-state index is 14.6. The van der Waals surface area contributed by atoms with Crippen LogP contribution in [0.5, 0.6) is 5.88 Å². The van der Waals surface area contributed by atoms with Crippen molar-refractivity contribution in [3.05, 3.63) is 54.4 Å². The van der Waals surface area contributed by atoms with E-state index >= 15 is 0 Å². The molecular formula is C33H37FN4O3. The highest BCUT2D eigenvalue weighted by Gasteiger charge is 2.73. The summed E-state index contributed by atoms with van der Waals surface area (Å²) in [4.78, 5) is 20.5. The lowest BCUT2D eigenvalue weighted by atomic mass is 9.42. The van der Waals surface area contributed by atoms with E-state index in [4.69, 9.17) is 9.15 Å². The van der Waals surface area contributed by atoms with Crippen LogP contribution in [0.2, 0.25) is 0 Å². The Morgan fingerprint density at radius 2 is 1.93 bits per heavy atom. The molecule has 8 heteroatoms. The molecule has 0 radical (unpaired) electrons. The van der Waals surface area contributed by atoms with Crippen LogP contribution < -0.4 is 9.64 Å². The molecule has 6 aliphatic rings. The van der Waals surface area contributed by atoms with Crippen LogP contribution in [0, 0.1) is 17.3 Å². The molecule has 2 heterocycles. The van der Waals surface area contributed by atoms with Crippen molar-refractivity contribution in [2.24, 2.45) is 17.3 Å². The highest BCUT2D eigenvalue weighted by atomic mass is 19.1. The molecule has 1 amide bonds. The number of rotatable bonds is 8. The van der Waals surface area contributed by atoms with E-state index in [0.717, 1.165) is 80.0 Å². The van der Waals surface area contributed by atoms with Gasteiger partial charge < -0.3 is 14.1 Å². The molecule has 9 rings (SSSR count). The third-order valence-corrected chi connectivity index (χ3v) is 10.9. The minimum atomic E-state index is -1.12. The monoisotopic (exact) mass is 556 g/mol. The second-order valence-electron chi connectivity index (χ2n) is 13.7. The fraction of sp³-hybridized carbons (Fsp3) is 0.576. The Labute approximate surface area is 239 Å². The third kappa shape index (κ3) is 4.19. The molecule has 6 saturated carbocycles. The summed E-state index contributed by atoms with van der Waals surface area (Å²) in [7, 11) is 1.60. The highest BCUT2D eigenvalue weighted by molar-refractivity contribution is 6.00. The SMILES string of the molecule is COc1ccc(-c2cccc(N(CC3CCC4(c5nnc(C6CC6)o5)CCCC3C4)C(=O)C34CC(F)(C3)C4)c2)cn1. The summed E-state index contributed by atoms with van der Waals surface area (Å²) in [6, 6.07) is 12.0. The van der Waals surface area contributed by atoms with Gasteiger partial charge in [-0.2, -0.15) is 0 Å². The first kappa shape index (κ1) is 25.4. The Morgan fingerprint density at radius 3 is 2.66 bits per heavy atom. The summed E-state index contributed by atoms with van der Waals surface area (Å²) in [5.74, 6) is 3.68. The van der Waals surface area contributed by atoms with Crippen LogP contribution in [0.1, 0.15) is 88.3 Å². The number of hydrogen-bond donors (Lipinski definition) is 0. The van der Waals surface area contributed by atoms with E-state index in [0.29, 0.717) is 49.4 Å². The number of amides is 1. The van der Waals surface area contributed by atoms with Gasteiger partial charge in [0.25, 0.3) is 0 Å². The molecule has 4 bridgehead atoms. The maximum absolute atomic E-state index is 14.6. The number of methoxy groups -OCH3 is 1. The Hall–Kier alpha value is -3.29. The van der Waals surface area contributed by atoms with Crippen LogP contribution in [0.4, 0.5) is 10.1 Å². The lowest BCUT2D eigenvalue weighted by Gasteiger charge is -2.65. The number of carbonyl (C=O) groups excluding carboxylic acids is 1. The van der Waals surface area contributed by atoms with Gasteiger partial charge in [-0.15, -0.1) is 10.2 Å². The van der Waals surface area contributed by atoms with Gasteiger partial charge >= 0.3 is 0 Å². The van der Waals surface area contributed by atoms with E-state index in [1.54, 1.807) is 13.3 Å². The zero-order chi connectivity index (χ0) is 27.8. The third-order valence-electron chi connectivity index (χ3n) is 10.9. The van der Waals surface area contributed by atoms with Crippen LogP contribution >= 0.6 is 0 Å². The molecule has 0 spiro atoms. The predicted molar refractivity (Wildman–Crippen MR) is 151 cm³/mol. The van der Waals surface area contributed by atoms with Crippen molar-refractivity contribution in [1.29, 1.82) is 0 Å². The molecular weight excluding hydrogens is 519 g/mol. The second-order valence-corrected chi connectivity index (χ2v) is 13.7. The van der Waals surface area contributed by atoms with Gasteiger partial charge in [0.2, 0.25) is 23.6 Å². The molecule has 6 aliphatic carbocycles. The van der Waals surface area contributed by atoms with Crippen molar-refractivity contribution < 1.29 is 18.3 Å². The van der Waals surface area contributed by atoms with E-state index < -0.39 is 11.1 Å². The van der Waals surface area contributed by atoms with Crippen molar-refractivity contribution in [3.8, 4) is 17.0 Å². The quantitative estimate of drug-likeness (QED) is 0.304. The van der Waals surface area contributed by atoms with Gasteiger partial charge in [0.05, 0.1) is 12.5 Å². The van der Waals surface area contributed by atoms with E-state index in [9.17, 15) is 9.18 Å². The van der Waals surface area contributed by atoms with Crippen molar-refractivity contribution >= 4 is 11.6 Å². The van der Waals surface area contributed by atoms with E-state index in [2.05, 4.69) is 21.2 Å². The summed E-state index contributed by atoms with van der Waals surface area (Å²) in [5.41, 5.74) is 1.19. The number of alkyl halides is 1. The van der Waals surface area contributed by atoms with E-state index in [1.807, 2.05) is 35.2 Å². The summed E-state index contributed by atoms with van der Waals surface area (Å²) < 4.78 is 26.1. The van der Waals surface area contributed by atoms with Crippen LogP contribution in [-0.2, 0) is 10.2 Å². The minimum Gasteiger partial charge on any atom is -0.481 e. The number of carbonyl (C=O) groups is 1. The van der Waals surface area contributed by atoms with Crippen molar-refractivity contribution in [2.75, 3.05) is 18.6 Å². The van der Waals surface area contributed by atoms with Gasteiger partial charge in [-0.25, -0.2) is 9.37 Å². The number of anilines is 1. The molecule has 3 unspecified atom stereocenters. The van der Waals surface area contributed by atoms with E-state index in [-0.39, 0.29) is 11.3 Å². The molecule has 41 heavy (non-hydrogen) atoms. The van der Waals surface area contributed by atoms with Crippen molar-refractivity contribution in [3.63, 3.8) is 0 Å². The van der Waals surface area contributed by atoms with Gasteiger partial charge in [-0.1, -0.05) is 25.0 Å². The average Bonchev–Trinajstić information content (AvgIpc) is 3.70. The molecule has 1 aromatic carbocycles. The largest absolute Gasteiger partial charge is 0.481 e. The van der Waals surface area contributed by atoms with Gasteiger partial charge in [0.15, 0.2) is 0 Å². The number of nitrogens with zero attached hydrogens (tertiary/aromatic N) is 4. The summed E-state index contributed by atoms with van der Waals surface area (Å²) in [6.45, 7) is 0.669. The van der Waals surface area contributed by atoms with Gasteiger partial charge in [-0.05, 0) is 93.4 Å². The summed E-state index contributed by atoms with van der Waals surface area (Å²) in [5, 5.41) is 8.97.